The minimum Gasteiger partial charge on any atom is -0.507 e. The van der Waals surface area contributed by atoms with Gasteiger partial charge in [0.05, 0.1) is 12.6 Å². The van der Waals surface area contributed by atoms with Crippen LogP contribution in [0.1, 0.15) is 51.8 Å². The third-order valence-corrected chi connectivity index (χ3v) is 10.0. The molecule has 0 saturated carbocycles. The van der Waals surface area contributed by atoms with Crippen molar-refractivity contribution in [3.8, 4) is 11.5 Å². The zero-order valence-electron chi connectivity index (χ0n) is 29.0. The highest BCUT2D eigenvalue weighted by molar-refractivity contribution is 7.51. The Hall–Kier alpha value is -2.64. The van der Waals surface area contributed by atoms with Crippen LogP contribution in [0.15, 0.2) is 54.6 Å². The molecule has 3 aromatic rings. The number of nitrogens with zero attached hydrogens (tertiary/aromatic N) is 3. The molecule has 0 atom stereocenters. The maximum Gasteiger partial charge on any atom is 0.339 e. The van der Waals surface area contributed by atoms with Crippen LogP contribution in [0.3, 0.4) is 0 Å². The Morgan fingerprint density at radius 2 is 0.960 bits per heavy atom. The molecule has 0 bridgehead atoms. The van der Waals surface area contributed by atoms with E-state index in [0.29, 0.717) is 24.2 Å². The molecule has 0 aromatic heterocycles. The van der Waals surface area contributed by atoms with Gasteiger partial charge in [-0.3, -0.25) is 23.8 Å². The van der Waals surface area contributed by atoms with Gasteiger partial charge in [-0.05, 0) is 58.4 Å². The standard InChI is InChI=1S/C35H53N5O8P2/c1-27-16-30(20-36-25-49(43,44)45)34(41)32(18-27)23-38-10-6-12-39(22-29-8-4-3-5-9-29)14-15-40(13-7-11-38)24-33-19-28(2)17-31(35(33)42)21-37-26-50(46,47)48/h3-5,8-9,16-19,36-37,41-42H,6-7,10-15,20-26H2,1-2H3,(H2,43,44,45)(H2,46,47,48). The first-order valence-corrected chi connectivity index (χ1v) is 20.6. The highest BCUT2D eigenvalue weighted by Crippen LogP contribution is 2.34. The van der Waals surface area contributed by atoms with Crippen molar-refractivity contribution in [3.63, 3.8) is 0 Å². The molecule has 1 fully saturated rings. The van der Waals surface area contributed by atoms with Crippen LogP contribution in [0.2, 0.25) is 0 Å². The second kappa shape index (κ2) is 18.7. The molecule has 0 radical (unpaired) electrons. The summed E-state index contributed by atoms with van der Waals surface area (Å²) in [6, 6.07) is 18.0. The first kappa shape index (κ1) is 40.1. The van der Waals surface area contributed by atoms with E-state index in [4.69, 9.17) is 0 Å². The summed E-state index contributed by atoms with van der Waals surface area (Å²) in [5.74, 6) is 0.267. The van der Waals surface area contributed by atoms with Crippen LogP contribution in [-0.2, 0) is 41.9 Å². The van der Waals surface area contributed by atoms with E-state index in [1.165, 1.54) is 5.56 Å². The van der Waals surface area contributed by atoms with E-state index in [1.54, 1.807) is 0 Å². The number of nitrogens with one attached hydrogen (secondary N) is 2. The summed E-state index contributed by atoms with van der Waals surface area (Å²) in [6.07, 6.45) is 0.850. The van der Waals surface area contributed by atoms with Crippen molar-refractivity contribution in [1.29, 1.82) is 0 Å². The number of rotatable bonds is 14. The summed E-state index contributed by atoms with van der Waals surface area (Å²) < 4.78 is 22.7. The Morgan fingerprint density at radius 3 is 1.38 bits per heavy atom. The average molecular weight is 734 g/mol. The molecule has 8 N–H and O–H groups in total. The molecule has 276 valence electrons. The van der Waals surface area contributed by atoms with Crippen LogP contribution >= 0.6 is 15.2 Å². The number of hydrogen-bond donors (Lipinski definition) is 8. The molecule has 1 aliphatic rings. The monoisotopic (exact) mass is 733 g/mol. The lowest BCUT2D eigenvalue weighted by Gasteiger charge is -2.28. The summed E-state index contributed by atoms with van der Waals surface area (Å²) in [5, 5.41) is 27.9. The number of phenols is 2. The van der Waals surface area contributed by atoms with Gasteiger partial charge in [0.15, 0.2) is 0 Å². The van der Waals surface area contributed by atoms with Gasteiger partial charge in [-0.1, -0.05) is 65.7 Å². The van der Waals surface area contributed by atoms with E-state index in [-0.39, 0.29) is 24.6 Å². The van der Waals surface area contributed by atoms with Gasteiger partial charge in [0.1, 0.15) is 11.5 Å². The van der Waals surface area contributed by atoms with Gasteiger partial charge in [-0.25, -0.2) is 0 Å². The van der Waals surface area contributed by atoms with E-state index < -0.39 is 27.8 Å². The van der Waals surface area contributed by atoms with E-state index >= 15 is 0 Å². The third kappa shape index (κ3) is 13.8. The average Bonchev–Trinajstić information content (AvgIpc) is 3.06. The Morgan fingerprint density at radius 1 is 0.580 bits per heavy atom. The maximum atomic E-state index is 11.3. The van der Waals surface area contributed by atoms with Gasteiger partial charge in [-0.2, -0.15) is 0 Å². The van der Waals surface area contributed by atoms with Crippen LogP contribution in [0.5, 0.6) is 11.5 Å². The highest BCUT2D eigenvalue weighted by atomic mass is 31.2. The maximum absolute atomic E-state index is 11.3. The Bertz CT molecular complexity index is 1640. The quantitative estimate of drug-likeness (QED) is 0.112. The molecule has 3 aromatic carbocycles. The van der Waals surface area contributed by atoms with Crippen molar-refractivity contribution < 1.29 is 38.9 Å². The van der Waals surface area contributed by atoms with Gasteiger partial charge in [-0.15, -0.1) is 0 Å². The Balaban J connectivity index is 1.51. The summed E-state index contributed by atoms with van der Waals surface area (Å²) in [6.45, 7) is 10.9. The largest absolute Gasteiger partial charge is 0.507 e. The molecule has 1 saturated heterocycles. The fourth-order valence-corrected chi connectivity index (χ4v) is 7.31. The number of phenolic OH excluding ortho intramolecular Hbond substituents is 2. The van der Waals surface area contributed by atoms with Crippen molar-refractivity contribution in [2.75, 3.05) is 51.8 Å². The molecular weight excluding hydrogens is 680 g/mol. The first-order chi connectivity index (χ1) is 23.6. The Kier molecular flexibility index (Phi) is 15.0. The fourth-order valence-electron chi connectivity index (χ4n) is 6.50. The summed E-state index contributed by atoms with van der Waals surface area (Å²) in [7, 11) is -8.44. The van der Waals surface area contributed by atoms with Crippen molar-refractivity contribution in [3.05, 3.63) is 93.5 Å². The summed E-state index contributed by atoms with van der Waals surface area (Å²) >= 11 is 0. The zero-order chi connectivity index (χ0) is 36.3. The van der Waals surface area contributed by atoms with Crippen molar-refractivity contribution in [1.82, 2.24) is 25.3 Å². The number of hydrogen-bond acceptors (Lipinski definition) is 9. The van der Waals surface area contributed by atoms with E-state index in [1.807, 2.05) is 56.3 Å². The summed E-state index contributed by atoms with van der Waals surface area (Å²) in [5.41, 5.74) is 5.88. The lowest BCUT2D eigenvalue weighted by Crippen LogP contribution is -2.35. The molecule has 4 rings (SSSR count). The molecule has 0 spiro atoms. The molecule has 0 unspecified atom stereocenters. The minimum atomic E-state index is -4.22. The van der Waals surface area contributed by atoms with Crippen LogP contribution in [0.4, 0.5) is 0 Å². The topological polar surface area (TPSA) is 189 Å². The SMILES string of the molecule is Cc1cc(CNCP(=O)(O)O)c(O)c(CN2CCCN(Cc3ccccc3)CCN(Cc3cc(C)cc(CNCP(=O)(O)O)c3O)CCC2)c1. The zero-order valence-corrected chi connectivity index (χ0v) is 30.8. The molecule has 13 nitrogen and oxygen atoms in total. The second-order valence-corrected chi connectivity index (χ2v) is 16.7. The van der Waals surface area contributed by atoms with Gasteiger partial charge in [0.25, 0.3) is 0 Å². The second-order valence-electron chi connectivity index (χ2n) is 13.4. The minimum absolute atomic E-state index is 0.131. The normalized spacial score (nSPS) is 16.4. The van der Waals surface area contributed by atoms with E-state index in [9.17, 15) is 38.9 Å². The van der Waals surface area contributed by atoms with Crippen molar-refractivity contribution >= 4 is 15.2 Å². The molecule has 1 aliphatic heterocycles. The van der Waals surface area contributed by atoms with Crippen LogP contribution in [0.25, 0.3) is 0 Å². The van der Waals surface area contributed by atoms with Gasteiger partial charge >= 0.3 is 15.2 Å². The molecule has 0 amide bonds. The summed E-state index contributed by atoms with van der Waals surface area (Å²) in [4.78, 5) is 44.1. The number of aromatic hydroxyl groups is 2. The van der Waals surface area contributed by atoms with Crippen LogP contribution < -0.4 is 10.6 Å². The predicted molar refractivity (Wildman–Crippen MR) is 195 cm³/mol. The highest BCUT2D eigenvalue weighted by Gasteiger charge is 2.20. The predicted octanol–water partition coefficient (Wildman–Crippen LogP) is 3.76. The fraction of sp³-hybridized carbons (Fsp3) is 0.486. The van der Waals surface area contributed by atoms with Crippen LogP contribution in [0, 0.1) is 13.8 Å². The van der Waals surface area contributed by atoms with Crippen molar-refractivity contribution in [2.45, 2.75) is 59.4 Å². The first-order valence-electron chi connectivity index (χ1n) is 17.0. The van der Waals surface area contributed by atoms with Crippen molar-refractivity contribution in [2.24, 2.45) is 0 Å². The van der Waals surface area contributed by atoms with E-state index in [0.717, 1.165) is 80.9 Å². The number of aryl methyl sites for hydroxylation is 2. The van der Waals surface area contributed by atoms with E-state index in [2.05, 4.69) is 37.5 Å². The lowest BCUT2D eigenvalue weighted by atomic mass is 10.0. The molecule has 15 heteroatoms. The molecule has 0 aliphatic carbocycles. The third-order valence-electron chi connectivity index (χ3n) is 8.76. The molecular formula is C35H53N5O8P2. The lowest BCUT2D eigenvalue weighted by molar-refractivity contribution is 0.193. The Labute approximate surface area is 295 Å². The van der Waals surface area contributed by atoms with Gasteiger partial charge in [0, 0.05) is 68.1 Å². The smallest absolute Gasteiger partial charge is 0.339 e. The molecule has 50 heavy (non-hydrogen) atoms. The molecule has 1 heterocycles. The van der Waals surface area contributed by atoms with Crippen LogP contribution in [-0.4, -0.2) is 96.3 Å². The van der Waals surface area contributed by atoms with Gasteiger partial charge < -0.3 is 40.4 Å². The van der Waals surface area contributed by atoms with Gasteiger partial charge in [0.2, 0.25) is 0 Å². The number of benzene rings is 3.